The summed E-state index contributed by atoms with van der Waals surface area (Å²) in [5, 5.41) is 10.2. The number of aliphatic carboxylic acids is 1. The molecule has 1 aliphatic heterocycles. The summed E-state index contributed by atoms with van der Waals surface area (Å²) < 4.78 is 0. The van der Waals surface area contributed by atoms with Gasteiger partial charge >= 0.3 is 5.97 Å². The maximum absolute atomic E-state index is 11.0. The Hall–Kier alpha value is -2.14. The molecule has 1 aliphatic rings. The van der Waals surface area contributed by atoms with Crippen LogP contribution in [0.2, 0.25) is 0 Å². The highest BCUT2D eigenvalue weighted by Gasteiger charge is 2.22. The quantitative estimate of drug-likeness (QED) is 0.925. The Kier molecular flexibility index (Phi) is 5.23. The normalized spacial score (nSPS) is 18.6. The molecule has 3 rings (SSSR count). The fourth-order valence-electron chi connectivity index (χ4n) is 3.75. The Morgan fingerprint density at radius 1 is 1.28 bits per heavy atom. The fraction of sp³-hybridized carbons (Fsp3) is 0.500. The maximum atomic E-state index is 11.0. The van der Waals surface area contributed by atoms with E-state index in [0.717, 1.165) is 43.7 Å². The molecule has 0 amide bonds. The van der Waals surface area contributed by atoms with E-state index in [1.807, 2.05) is 11.9 Å². The van der Waals surface area contributed by atoms with Crippen LogP contribution in [0.4, 0.5) is 5.82 Å². The third-order valence-electron chi connectivity index (χ3n) is 5.19. The first-order chi connectivity index (χ1) is 11.9. The molecule has 1 aromatic carbocycles. The van der Waals surface area contributed by atoms with E-state index in [0.29, 0.717) is 6.04 Å². The van der Waals surface area contributed by atoms with Crippen LogP contribution in [-0.2, 0) is 4.79 Å². The number of aromatic nitrogens is 1. The summed E-state index contributed by atoms with van der Waals surface area (Å²) in [5.41, 5.74) is 3.53. The Balaban J connectivity index is 1.78. The van der Waals surface area contributed by atoms with Gasteiger partial charge in [0.2, 0.25) is 0 Å². The zero-order valence-corrected chi connectivity index (χ0v) is 15.3. The summed E-state index contributed by atoms with van der Waals surface area (Å²) in [6, 6.07) is 8.93. The second kappa shape index (κ2) is 7.40. The molecule has 1 saturated heterocycles. The van der Waals surface area contributed by atoms with Gasteiger partial charge in [0, 0.05) is 24.5 Å². The number of hydrogen-bond donors (Lipinski definition) is 1. The largest absolute Gasteiger partial charge is 0.480 e. The van der Waals surface area contributed by atoms with Crippen LogP contribution in [-0.4, -0.2) is 53.7 Å². The lowest BCUT2D eigenvalue weighted by Crippen LogP contribution is -2.36. The van der Waals surface area contributed by atoms with Crippen molar-refractivity contribution in [2.24, 2.45) is 0 Å². The van der Waals surface area contributed by atoms with Gasteiger partial charge in [-0.25, -0.2) is 4.98 Å². The lowest BCUT2D eigenvalue weighted by molar-refractivity contribution is -0.138. The van der Waals surface area contributed by atoms with Crippen molar-refractivity contribution < 1.29 is 9.90 Å². The molecule has 1 atom stereocenters. The Morgan fingerprint density at radius 2 is 2.08 bits per heavy atom. The van der Waals surface area contributed by atoms with Crippen molar-refractivity contribution in [1.82, 2.24) is 9.88 Å². The van der Waals surface area contributed by atoms with Crippen molar-refractivity contribution in [2.45, 2.75) is 39.2 Å². The van der Waals surface area contributed by atoms with Gasteiger partial charge in [-0.05, 0) is 63.4 Å². The van der Waals surface area contributed by atoms with E-state index in [1.54, 1.807) is 0 Å². The van der Waals surface area contributed by atoms with E-state index in [-0.39, 0.29) is 6.54 Å². The van der Waals surface area contributed by atoms with Gasteiger partial charge in [0.15, 0.2) is 0 Å². The minimum absolute atomic E-state index is 0.108. The number of hydrogen-bond acceptors (Lipinski definition) is 4. The summed E-state index contributed by atoms with van der Waals surface area (Å²) in [5.74, 6) is 0.280. The van der Waals surface area contributed by atoms with Gasteiger partial charge in [-0.1, -0.05) is 12.1 Å². The molecule has 5 heteroatoms. The van der Waals surface area contributed by atoms with Crippen LogP contribution in [0.5, 0.6) is 0 Å². The Morgan fingerprint density at radius 3 is 2.84 bits per heavy atom. The van der Waals surface area contributed by atoms with Gasteiger partial charge in [0.1, 0.15) is 5.82 Å². The summed E-state index contributed by atoms with van der Waals surface area (Å²) >= 11 is 0. The number of rotatable bonds is 4. The number of anilines is 1. The number of aryl methyl sites for hydroxylation is 2. The molecule has 2 aromatic rings. The van der Waals surface area contributed by atoms with Crippen molar-refractivity contribution in [3.8, 4) is 0 Å². The number of fused-ring (bicyclic) bond motifs is 1. The highest BCUT2D eigenvalue weighted by atomic mass is 16.4. The standard InChI is InChI=1S/C20H27N3O2/c1-14-6-7-17-15(2)12-19(21-18(17)11-14)23-9-4-5-16(8-10-23)22(3)13-20(24)25/h6-7,11-12,16H,4-5,8-10,13H2,1-3H3,(H,24,25). The van der Waals surface area contributed by atoms with Gasteiger partial charge < -0.3 is 10.0 Å². The third kappa shape index (κ3) is 4.10. The molecule has 1 unspecified atom stereocenters. The number of carboxylic acid groups (broad SMARTS) is 1. The second-order valence-electron chi connectivity index (χ2n) is 7.20. The zero-order valence-electron chi connectivity index (χ0n) is 15.3. The monoisotopic (exact) mass is 341 g/mol. The predicted molar refractivity (Wildman–Crippen MR) is 101 cm³/mol. The van der Waals surface area contributed by atoms with Gasteiger partial charge in [-0.2, -0.15) is 0 Å². The number of nitrogens with zero attached hydrogens (tertiary/aromatic N) is 3. The molecular formula is C20H27N3O2. The molecule has 1 fully saturated rings. The Bertz CT molecular complexity index is 775. The smallest absolute Gasteiger partial charge is 0.317 e. The lowest BCUT2D eigenvalue weighted by atomic mass is 10.1. The van der Waals surface area contributed by atoms with E-state index in [2.05, 4.69) is 43.0 Å². The van der Waals surface area contributed by atoms with Gasteiger partial charge in [0.05, 0.1) is 12.1 Å². The zero-order chi connectivity index (χ0) is 18.0. The van der Waals surface area contributed by atoms with Crippen LogP contribution in [0, 0.1) is 13.8 Å². The molecule has 25 heavy (non-hydrogen) atoms. The average Bonchev–Trinajstić information content (AvgIpc) is 2.79. The van der Waals surface area contributed by atoms with Gasteiger partial charge in [-0.15, -0.1) is 0 Å². The molecule has 0 spiro atoms. The van der Waals surface area contributed by atoms with Crippen LogP contribution in [0.1, 0.15) is 30.4 Å². The number of benzene rings is 1. The number of likely N-dealkylation sites (N-methyl/N-ethyl adjacent to an activating group) is 1. The van der Waals surface area contributed by atoms with E-state index in [9.17, 15) is 4.79 Å². The first-order valence-corrected chi connectivity index (χ1v) is 8.99. The molecule has 1 N–H and O–H groups in total. The van der Waals surface area contributed by atoms with Crippen LogP contribution in [0.25, 0.3) is 10.9 Å². The summed E-state index contributed by atoms with van der Waals surface area (Å²) in [6.45, 7) is 6.24. The third-order valence-corrected chi connectivity index (χ3v) is 5.19. The van der Waals surface area contributed by atoms with Crippen molar-refractivity contribution >= 4 is 22.7 Å². The summed E-state index contributed by atoms with van der Waals surface area (Å²) in [7, 11) is 1.91. The van der Waals surface area contributed by atoms with Crippen LogP contribution in [0.15, 0.2) is 24.3 Å². The molecular weight excluding hydrogens is 314 g/mol. The lowest BCUT2D eigenvalue weighted by Gasteiger charge is -2.26. The van der Waals surface area contributed by atoms with E-state index in [1.165, 1.54) is 16.5 Å². The van der Waals surface area contributed by atoms with E-state index < -0.39 is 5.97 Å². The van der Waals surface area contributed by atoms with E-state index >= 15 is 0 Å². The first kappa shape index (κ1) is 17.7. The van der Waals surface area contributed by atoms with Crippen molar-refractivity contribution in [3.63, 3.8) is 0 Å². The Labute approximate surface area is 149 Å². The van der Waals surface area contributed by atoms with Gasteiger partial charge in [0.25, 0.3) is 0 Å². The minimum atomic E-state index is -0.759. The molecule has 0 bridgehead atoms. The minimum Gasteiger partial charge on any atom is -0.480 e. The first-order valence-electron chi connectivity index (χ1n) is 8.99. The molecule has 1 aromatic heterocycles. The van der Waals surface area contributed by atoms with Crippen molar-refractivity contribution in [1.29, 1.82) is 0 Å². The number of pyridine rings is 1. The molecule has 0 aliphatic carbocycles. The highest BCUT2D eigenvalue weighted by Crippen LogP contribution is 2.26. The van der Waals surface area contributed by atoms with Crippen molar-refractivity contribution in [3.05, 3.63) is 35.4 Å². The topological polar surface area (TPSA) is 56.7 Å². The van der Waals surface area contributed by atoms with Gasteiger partial charge in [-0.3, -0.25) is 9.69 Å². The van der Waals surface area contributed by atoms with Crippen molar-refractivity contribution in [2.75, 3.05) is 31.6 Å². The number of carboxylic acids is 1. The highest BCUT2D eigenvalue weighted by molar-refractivity contribution is 5.84. The second-order valence-corrected chi connectivity index (χ2v) is 7.20. The van der Waals surface area contributed by atoms with Crippen LogP contribution >= 0.6 is 0 Å². The molecule has 0 saturated carbocycles. The fourth-order valence-corrected chi connectivity index (χ4v) is 3.75. The average molecular weight is 341 g/mol. The SMILES string of the molecule is Cc1ccc2c(C)cc(N3CCCC(N(C)CC(=O)O)CC3)nc2c1. The molecule has 0 radical (unpaired) electrons. The summed E-state index contributed by atoms with van der Waals surface area (Å²) in [6.07, 6.45) is 3.06. The number of carbonyl (C=O) groups is 1. The van der Waals surface area contributed by atoms with Crippen LogP contribution in [0.3, 0.4) is 0 Å². The van der Waals surface area contributed by atoms with Crippen LogP contribution < -0.4 is 4.90 Å². The molecule has 5 nitrogen and oxygen atoms in total. The molecule has 134 valence electrons. The predicted octanol–water partition coefficient (Wildman–Crippen LogP) is 3.23. The summed E-state index contributed by atoms with van der Waals surface area (Å²) in [4.78, 5) is 20.2. The van der Waals surface area contributed by atoms with E-state index in [4.69, 9.17) is 10.1 Å². The maximum Gasteiger partial charge on any atom is 0.317 e. The molecule has 2 heterocycles.